The second-order valence-electron chi connectivity index (χ2n) is 3.90. The Bertz CT molecular complexity index is 565. The molecule has 0 N–H and O–H groups in total. The zero-order chi connectivity index (χ0) is 13.0. The van der Waals surface area contributed by atoms with Crippen LogP contribution in [0.25, 0.3) is 6.08 Å². The maximum Gasteiger partial charge on any atom is 0.185 e. The van der Waals surface area contributed by atoms with Crippen molar-refractivity contribution in [1.82, 2.24) is 0 Å². The first-order valence-corrected chi connectivity index (χ1v) is 5.61. The molecule has 92 valence electrons. The van der Waals surface area contributed by atoms with Gasteiger partial charge in [-0.25, -0.2) is 0 Å². The van der Waals surface area contributed by atoms with Crippen LogP contribution in [0.2, 0.25) is 0 Å². The summed E-state index contributed by atoms with van der Waals surface area (Å²) in [5.41, 5.74) is 1.57. The minimum atomic E-state index is -0.0582. The average molecular weight is 242 g/mol. The Labute approximate surface area is 106 Å². The predicted molar refractivity (Wildman–Crippen MR) is 69.8 cm³/mol. The summed E-state index contributed by atoms with van der Waals surface area (Å²) in [7, 11) is 1.61. The fraction of sp³-hybridized carbons (Fsp3) is 0.133. The number of carbonyl (C=O) groups excluding carboxylic acids is 1. The van der Waals surface area contributed by atoms with Crippen LogP contribution in [0.4, 0.5) is 0 Å². The molecule has 0 atom stereocenters. The van der Waals surface area contributed by atoms with Crippen LogP contribution in [0.15, 0.2) is 47.1 Å². The van der Waals surface area contributed by atoms with Crippen LogP contribution in [-0.2, 0) is 0 Å². The minimum absolute atomic E-state index is 0.0582. The van der Waals surface area contributed by atoms with Crippen molar-refractivity contribution in [3.05, 3.63) is 59.6 Å². The van der Waals surface area contributed by atoms with Gasteiger partial charge in [-0.2, -0.15) is 0 Å². The van der Waals surface area contributed by atoms with E-state index < -0.39 is 0 Å². The molecule has 2 rings (SSSR count). The lowest BCUT2D eigenvalue weighted by Gasteiger charge is -2.05. The van der Waals surface area contributed by atoms with E-state index in [4.69, 9.17) is 9.15 Å². The van der Waals surface area contributed by atoms with Gasteiger partial charge < -0.3 is 9.15 Å². The molecule has 3 nitrogen and oxygen atoms in total. The number of furan rings is 1. The highest BCUT2D eigenvalue weighted by Gasteiger charge is 2.05. The molecule has 2 aromatic rings. The van der Waals surface area contributed by atoms with Crippen molar-refractivity contribution in [1.29, 1.82) is 0 Å². The fourth-order valence-electron chi connectivity index (χ4n) is 1.67. The Balaban J connectivity index is 2.16. The normalized spacial score (nSPS) is 10.8. The van der Waals surface area contributed by atoms with E-state index in [2.05, 4.69) is 0 Å². The number of benzene rings is 1. The molecule has 0 radical (unpaired) electrons. The van der Waals surface area contributed by atoms with Gasteiger partial charge in [0.25, 0.3) is 0 Å². The Kier molecular flexibility index (Phi) is 3.63. The van der Waals surface area contributed by atoms with E-state index in [-0.39, 0.29) is 5.78 Å². The van der Waals surface area contributed by atoms with Crippen molar-refractivity contribution >= 4 is 11.9 Å². The lowest BCUT2D eigenvalue weighted by Crippen LogP contribution is -1.96. The molecule has 0 saturated heterocycles. The molecular formula is C15H14O3. The van der Waals surface area contributed by atoms with Crippen LogP contribution in [0.3, 0.4) is 0 Å². The Morgan fingerprint density at radius 2 is 2.17 bits per heavy atom. The zero-order valence-electron chi connectivity index (χ0n) is 10.3. The van der Waals surface area contributed by atoms with Crippen molar-refractivity contribution in [2.75, 3.05) is 7.11 Å². The highest BCUT2D eigenvalue weighted by Crippen LogP contribution is 2.19. The molecule has 1 heterocycles. The first kappa shape index (κ1) is 12.2. The third-order valence-electron chi connectivity index (χ3n) is 2.62. The molecule has 3 heteroatoms. The topological polar surface area (TPSA) is 39.4 Å². The Morgan fingerprint density at radius 1 is 1.33 bits per heavy atom. The lowest BCUT2D eigenvalue weighted by molar-refractivity contribution is 0.104. The van der Waals surface area contributed by atoms with Gasteiger partial charge in [-0.05, 0) is 55.0 Å². The number of carbonyl (C=O) groups is 1. The van der Waals surface area contributed by atoms with Gasteiger partial charge in [0.05, 0.1) is 13.4 Å². The molecule has 0 fully saturated rings. The molecule has 0 aliphatic rings. The van der Waals surface area contributed by atoms with Crippen LogP contribution in [0.5, 0.6) is 5.75 Å². The summed E-state index contributed by atoms with van der Waals surface area (Å²) in [5, 5.41) is 0. The van der Waals surface area contributed by atoms with Crippen LogP contribution < -0.4 is 4.74 Å². The summed E-state index contributed by atoms with van der Waals surface area (Å²) in [6, 6.07) is 8.93. The molecule has 0 aliphatic heterocycles. The molecule has 0 bridgehead atoms. The van der Waals surface area contributed by atoms with Crippen LogP contribution in [0.1, 0.15) is 21.7 Å². The molecule has 0 unspecified atom stereocenters. The van der Waals surface area contributed by atoms with Crippen molar-refractivity contribution in [2.24, 2.45) is 0 Å². The van der Waals surface area contributed by atoms with Crippen molar-refractivity contribution in [3.63, 3.8) is 0 Å². The molecule has 0 amide bonds. The summed E-state index contributed by atoms with van der Waals surface area (Å²) in [4.78, 5) is 11.9. The second-order valence-corrected chi connectivity index (χ2v) is 3.90. The largest absolute Gasteiger partial charge is 0.496 e. The van der Waals surface area contributed by atoms with Gasteiger partial charge in [0.1, 0.15) is 11.5 Å². The van der Waals surface area contributed by atoms with Gasteiger partial charge in [-0.15, -0.1) is 0 Å². The third kappa shape index (κ3) is 2.69. The SMILES string of the molecule is COc1ccc(C(=O)/C=C/c2ccco2)cc1C. The first-order chi connectivity index (χ1) is 8.70. The van der Waals surface area contributed by atoms with E-state index in [1.807, 2.05) is 13.0 Å². The second kappa shape index (κ2) is 5.36. The van der Waals surface area contributed by atoms with Crippen LogP contribution in [-0.4, -0.2) is 12.9 Å². The van der Waals surface area contributed by atoms with Crippen LogP contribution >= 0.6 is 0 Å². The maximum absolute atomic E-state index is 11.9. The Hall–Kier alpha value is -2.29. The molecule has 0 spiro atoms. The number of methoxy groups -OCH3 is 1. The summed E-state index contributed by atoms with van der Waals surface area (Å²) in [6.07, 6.45) is 4.73. The van der Waals surface area contributed by atoms with E-state index in [1.54, 1.807) is 43.7 Å². The average Bonchev–Trinajstić information content (AvgIpc) is 2.89. The van der Waals surface area contributed by atoms with Crippen molar-refractivity contribution < 1.29 is 13.9 Å². The third-order valence-corrected chi connectivity index (χ3v) is 2.62. The lowest BCUT2D eigenvalue weighted by atomic mass is 10.1. The molecular weight excluding hydrogens is 228 g/mol. The predicted octanol–water partition coefficient (Wildman–Crippen LogP) is 3.49. The van der Waals surface area contributed by atoms with Gasteiger partial charge in [0, 0.05) is 5.56 Å². The van der Waals surface area contributed by atoms with E-state index in [9.17, 15) is 4.79 Å². The van der Waals surface area contributed by atoms with Gasteiger partial charge in [-0.3, -0.25) is 4.79 Å². The summed E-state index contributed by atoms with van der Waals surface area (Å²) >= 11 is 0. The van der Waals surface area contributed by atoms with Gasteiger partial charge in [0.15, 0.2) is 5.78 Å². The smallest absolute Gasteiger partial charge is 0.185 e. The number of ketones is 1. The quantitative estimate of drug-likeness (QED) is 0.608. The summed E-state index contributed by atoms with van der Waals surface area (Å²) < 4.78 is 10.3. The minimum Gasteiger partial charge on any atom is -0.496 e. The maximum atomic E-state index is 11.9. The summed E-state index contributed by atoms with van der Waals surface area (Å²) in [6.45, 7) is 1.91. The monoisotopic (exact) mass is 242 g/mol. The number of aryl methyl sites for hydroxylation is 1. The molecule has 18 heavy (non-hydrogen) atoms. The molecule has 0 saturated carbocycles. The van der Waals surface area contributed by atoms with Crippen molar-refractivity contribution in [3.8, 4) is 5.75 Å². The first-order valence-electron chi connectivity index (χ1n) is 5.61. The summed E-state index contributed by atoms with van der Waals surface area (Å²) in [5.74, 6) is 1.38. The fourth-order valence-corrected chi connectivity index (χ4v) is 1.67. The standard InChI is InChI=1S/C15H14O3/c1-11-10-12(5-8-15(11)17-2)14(16)7-6-13-4-3-9-18-13/h3-10H,1-2H3/b7-6+. The zero-order valence-corrected chi connectivity index (χ0v) is 10.3. The number of allylic oxidation sites excluding steroid dienone is 1. The van der Waals surface area contributed by atoms with Gasteiger partial charge in [-0.1, -0.05) is 0 Å². The number of rotatable bonds is 4. The van der Waals surface area contributed by atoms with Crippen LogP contribution in [0, 0.1) is 6.92 Å². The molecule has 0 aliphatic carbocycles. The molecule has 1 aromatic carbocycles. The number of ether oxygens (including phenoxy) is 1. The number of hydrogen-bond donors (Lipinski definition) is 0. The molecule has 1 aromatic heterocycles. The Morgan fingerprint density at radius 3 is 2.78 bits per heavy atom. The number of hydrogen-bond acceptors (Lipinski definition) is 3. The van der Waals surface area contributed by atoms with Gasteiger partial charge >= 0.3 is 0 Å². The van der Waals surface area contributed by atoms with E-state index >= 15 is 0 Å². The van der Waals surface area contributed by atoms with E-state index in [0.29, 0.717) is 11.3 Å². The highest BCUT2D eigenvalue weighted by atomic mass is 16.5. The van der Waals surface area contributed by atoms with E-state index in [1.165, 1.54) is 6.08 Å². The van der Waals surface area contributed by atoms with Gasteiger partial charge in [0.2, 0.25) is 0 Å². The van der Waals surface area contributed by atoms with E-state index in [0.717, 1.165) is 11.3 Å². The highest BCUT2D eigenvalue weighted by molar-refractivity contribution is 6.06. The van der Waals surface area contributed by atoms with Crippen molar-refractivity contribution in [2.45, 2.75) is 6.92 Å².